The van der Waals surface area contributed by atoms with Gasteiger partial charge in [0.2, 0.25) is 0 Å². The SMILES string of the molecule is Cn1ncc2cc(CN3C[C@@H]4[C@H](CO)[C@H]5CNC[C@]4(C3)O5)ccc21. The van der Waals surface area contributed by atoms with Crippen LogP contribution < -0.4 is 5.32 Å². The molecule has 1 spiro atoms. The van der Waals surface area contributed by atoms with Crippen LogP contribution in [0.1, 0.15) is 5.56 Å². The third kappa shape index (κ3) is 2.07. The molecule has 3 saturated heterocycles. The summed E-state index contributed by atoms with van der Waals surface area (Å²) in [5.41, 5.74) is 2.38. The average Bonchev–Trinajstić information content (AvgIpc) is 3.15. The van der Waals surface area contributed by atoms with Gasteiger partial charge in [-0.25, -0.2) is 0 Å². The summed E-state index contributed by atoms with van der Waals surface area (Å²) in [6, 6.07) is 6.58. The summed E-state index contributed by atoms with van der Waals surface area (Å²) in [6.07, 6.45) is 2.11. The Labute approximate surface area is 141 Å². The van der Waals surface area contributed by atoms with E-state index in [1.807, 2.05) is 17.9 Å². The van der Waals surface area contributed by atoms with Crippen molar-refractivity contribution >= 4 is 10.9 Å². The molecule has 4 atom stereocenters. The third-order valence-electron chi connectivity index (χ3n) is 6.20. The molecule has 3 aliphatic heterocycles. The van der Waals surface area contributed by atoms with Crippen molar-refractivity contribution < 1.29 is 9.84 Å². The molecule has 1 aromatic heterocycles. The van der Waals surface area contributed by atoms with Crippen molar-refractivity contribution in [3.05, 3.63) is 30.0 Å². The first-order valence-electron chi connectivity index (χ1n) is 8.81. The van der Waals surface area contributed by atoms with Gasteiger partial charge in [0, 0.05) is 63.6 Å². The lowest BCUT2D eigenvalue weighted by Crippen LogP contribution is -2.52. The van der Waals surface area contributed by atoms with Crippen molar-refractivity contribution in [2.45, 2.75) is 18.2 Å². The van der Waals surface area contributed by atoms with Gasteiger partial charge >= 0.3 is 0 Å². The summed E-state index contributed by atoms with van der Waals surface area (Å²) in [6.45, 7) is 4.89. The van der Waals surface area contributed by atoms with Gasteiger partial charge in [0.1, 0.15) is 0 Å². The van der Waals surface area contributed by atoms with E-state index in [0.717, 1.165) is 32.7 Å². The monoisotopic (exact) mass is 328 g/mol. The third-order valence-corrected chi connectivity index (χ3v) is 6.20. The van der Waals surface area contributed by atoms with Gasteiger partial charge in [-0.1, -0.05) is 6.07 Å². The van der Waals surface area contributed by atoms with Crippen LogP contribution in [0.15, 0.2) is 24.4 Å². The lowest BCUT2D eigenvalue weighted by atomic mass is 9.83. The van der Waals surface area contributed by atoms with Crippen LogP contribution in [-0.2, 0) is 18.3 Å². The minimum Gasteiger partial charge on any atom is -0.396 e. The maximum atomic E-state index is 9.82. The van der Waals surface area contributed by atoms with E-state index in [4.69, 9.17) is 4.74 Å². The molecule has 0 radical (unpaired) electrons. The fourth-order valence-corrected chi connectivity index (χ4v) is 5.09. The number of likely N-dealkylation sites (tertiary alicyclic amines) is 1. The zero-order chi connectivity index (χ0) is 16.3. The van der Waals surface area contributed by atoms with E-state index in [1.54, 1.807) is 0 Å². The van der Waals surface area contributed by atoms with Crippen LogP contribution in [0.25, 0.3) is 10.9 Å². The van der Waals surface area contributed by atoms with E-state index in [-0.39, 0.29) is 24.2 Å². The van der Waals surface area contributed by atoms with E-state index in [1.165, 1.54) is 16.5 Å². The first kappa shape index (κ1) is 14.8. The average molecular weight is 328 g/mol. The Morgan fingerprint density at radius 3 is 3.25 bits per heavy atom. The first-order chi connectivity index (χ1) is 11.7. The smallest absolute Gasteiger partial charge is 0.0981 e. The van der Waals surface area contributed by atoms with E-state index in [2.05, 4.69) is 33.5 Å². The van der Waals surface area contributed by atoms with Crippen LogP contribution in [-0.4, -0.2) is 64.3 Å². The molecule has 4 heterocycles. The molecule has 0 saturated carbocycles. The fourth-order valence-electron chi connectivity index (χ4n) is 5.09. The molecular weight excluding hydrogens is 304 g/mol. The number of aromatic nitrogens is 2. The number of nitrogens with zero attached hydrogens (tertiary/aromatic N) is 3. The number of fused-ring (bicyclic) bond motifs is 2. The number of aliphatic hydroxyl groups excluding tert-OH is 1. The van der Waals surface area contributed by atoms with Crippen LogP contribution >= 0.6 is 0 Å². The normalized spacial score (nSPS) is 35.7. The van der Waals surface area contributed by atoms with Crippen LogP contribution in [0.5, 0.6) is 0 Å². The number of nitrogens with one attached hydrogen (secondary N) is 1. The van der Waals surface area contributed by atoms with Crippen molar-refractivity contribution in [3.8, 4) is 0 Å². The molecule has 1 aromatic carbocycles. The number of hydrogen-bond acceptors (Lipinski definition) is 5. The van der Waals surface area contributed by atoms with Crippen molar-refractivity contribution in [3.63, 3.8) is 0 Å². The second-order valence-electron chi connectivity index (χ2n) is 7.64. The van der Waals surface area contributed by atoms with Gasteiger partial charge < -0.3 is 15.2 Å². The van der Waals surface area contributed by atoms with Crippen molar-refractivity contribution in [2.24, 2.45) is 18.9 Å². The minimum atomic E-state index is -0.102. The van der Waals surface area contributed by atoms with E-state index in [9.17, 15) is 5.11 Å². The van der Waals surface area contributed by atoms with Gasteiger partial charge in [0.05, 0.1) is 23.4 Å². The van der Waals surface area contributed by atoms with E-state index >= 15 is 0 Å². The summed E-state index contributed by atoms with van der Waals surface area (Å²) in [4.78, 5) is 2.48. The Balaban J connectivity index is 1.37. The summed E-state index contributed by atoms with van der Waals surface area (Å²) >= 11 is 0. The second kappa shape index (κ2) is 5.26. The van der Waals surface area contributed by atoms with Gasteiger partial charge in [-0.05, 0) is 17.7 Å². The summed E-state index contributed by atoms with van der Waals surface area (Å²) in [5, 5.41) is 18.8. The highest BCUT2D eigenvalue weighted by atomic mass is 16.5. The number of aliphatic hydroxyl groups is 1. The molecule has 2 bridgehead atoms. The Kier molecular flexibility index (Phi) is 3.25. The zero-order valence-electron chi connectivity index (χ0n) is 14.0. The standard InChI is InChI=1S/C18H24N4O2/c1-21-16-3-2-12(4-13(16)5-20-21)7-22-8-15-14(9-23)17-6-19-10-18(15,11-22)24-17/h2-5,14-15,17,19,23H,6-11H2,1H3/t14-,15+,17+,18+/m0/s1. The number of aryl methyl sites for hydroxylation is 1. The minimum absolute atomic E-state index is 0.102. The van der Waals surface area contributed by atoms with E-state index < -0.39 is 0 Å². The molecule has 3 fully saturated rings. The van der Waals surface area contributed by atoms with Crippen LogP contribution in [0.3, 0.4) is 0 Å². The van der Waals surface area contributed by atoms with Crippen molar-refractivity contribution in [1.29, 1.82) is 0 Å². The molecule has 128 valence electrons. The lowest BCUT2D eigenvalue weighted by Gasteiger charge is -2.34. The molecule has 2 N–H and O–H groups in total. The summed E-state index contributed by atoms with van der Waals surface area (Å²) in [5.74, 6) is 0.704. The predicted octanol–water partition coefficient (Wildman–Crippen LogP) is 0.354. The molecule has 0 amide bonds. The number of rotatable bonds is 3. The number of hydrogen-bond donors (Lipinski definition) is 2. The van der Waals surface area contributed by atoms with Crippen LogP contribution in [0.2, 0.25) is 0 Å². The molecule has 0 aliphatic carbocycles. The van der Waals surface area contributed by atoms with Gasteiger partial charge in [0.25, 0.3) is 0 Å². The second-order valence-corrected chi connectivity index (χ2v) is 7.64. The van der Waals surface area contributed by atoms with Gasteiger partial charge in [-0.3, -0.25) is 9.58 Å². The predicted molar refractivity (Wildman–Crippen MR) is 90.5 cm³/mol. The van der Waals surface area contributed by atoms with Gasteiger partial charge in [-0.15, -0.1) is 0 Å². The maximum absolute atomic E-state index is 9.82. The Bertz CT molecular complexity index is 775. The lowest BCUT2D eigenvalue weighted by molar-refractivity contribution is -0.0746. The molecule has 6 nitrogen and oxygen atoms in total. The maximum Gasteiger partial charge on any atom is 0.0981 e. The summed E-state index contributed by atoms with van der Waals surface area (Å²) in [7, 11) is 1.97. The number of benzene rings is 1. The Hall–Kier alpha value is -1.47. The highest BCUT2D eigenvalue weighted by molar-refractivity contribution is 5.79. The van der Waals surface area contributed by atoms with Gasteiger partial charge in [0.15, 0.2) is 0 Å². The first-order valence-corrected chi connectivity index (χ1v) is 8.81. The Morgan fingerprint density at radius 2 is 2.38 bits per heavy atom. The highest BCUT2D eigenvalue weighted by Crippen LogP contribution is 2.47. The van der Waals surface area contributed by atoms with Gasteiger partial charge in [-0.2, -0.15) is 5.10 Å². The Morgan fingerprint density at radius 1 is 1.46 bits per heavy atom. The number of morpholine rings is 1. The highest BCUT2D eigenvalue weighted by Gasteiger charge is 2.60. The van der Waals surface area contributed by atoms with Crippen LogP contribution in [0, 0.1) is 11.8 Å². The van der Waals surface area contributed by atoms with Crippen molar-refractivity contribution in [2.75, 3.05) is 32.8 Å². The van der Waals surface area contributed by atoms with Crippen LogP contribution in [0.4, 0.5) is 0 Å². The molecular formula is C18H24N4O2. The quantitative estimate of drug-likeness (QED) is 0.852. The fraction of sp³-hybridized carbons (Fsp3) is 0.611. The summed E-state index contributed by atoms with van der Waals surface area (Å²) < 4.78 is 8.28. The molecule has 6 heteroatoms. The molecule has 2 aromatic rings. The zero-order valence-corrected chi connectivity index (χ0v) is 14.0. The van der Waals surface area contributed by atoms with E-state index in [0.29, 0.717) is 5.92 Å². The van der Waals surface area contributed by atoms with Crippen molar-refractivity contribution in [1.82, 2.24) is 20.0 Å². The largest absolute Gasteiger partial charge is 0.396 e. The molecule has 5 rings (SSSR count). The molecule has 0 unspecified atom stereocenters. The molecule has 3 aliphatic rings. The number of ether oxygens (including phenoxy) is 1. The topological polar surface area (TPSA) is 62.6 Å². The molecule has 24 heavy (non-hydrogen) atoms.